The van der Waals surface area contributed by atoms with Gasteiger partial charge in [-0.1, -0.05) is 0 Å². The highest BCUT2D eigenvalue weighted by atomic mass is 32.2. The van der Waals surface area contributed by atoms with E-state index in [4.69, 9.17) is 0 Å². The number of hydrogen-bond acceptors (Lipinski definition) is 7. The number of aromatic nitrogens is 3. The molecule has 0 atom stereocenters. The van der Waals surface area contributed by atoms with Gasteiger partial charge in [0.15, 0.2) is 0 Å². The molecule has 0 aromatic carbocycles. The molecule has 2 N–H and O–H groups in total. The number of nitrogens with one attached hydrogen (secondary N) is 2. The molecule has 0 radical (unpaired) electrons. The van der Waals surface area contributed by atoms with Crippen molar-refractivity contribution < 1.29 is 0 Å². The first-order valence-electron chi connectivity index (χ1n) is 7.75. The zero-order valence-corrected chi connectivity index (χ0v) is 13.9. The molecule has 1 fully saturated rings. The molecule has 0 aliphatic carbocycles. The molecule has 6 nitrogen and oxygen atoms in total. The minimum atomic E-state index is 0.636. The van der Waals surface area contributed by atoms with Crippen LogP contribution >= 0.6 is 11.8 Å². The van der Waals surface area contributed by atoms with Crippen molar-refractivity contribution in [2.24, 2.45) is 0 Å². The molecule has 0 bridgehead atoms. The van der Waals surface area contributed by atoms with Crippen LogP contribution in [0.3, 0.4) is 0 Å². The van der Waals surface area contributed by atoms with Gasteiger partial charge in [0.05, 0.1) is 0 Å². The number of rotatable bonds is 8. The van der Waals surface area contributed by atoms with Crippen molar-refractivity contribution in [1.82, 2.24) is 15.0 Å². The van der Waals surface area contributed by atoms with Crippen molar-refractivity contribution in [3.8, 4) is 0 Å². The Labute approximate surface area is 131 Å². The van der Waals surface area contributed by atoms with Gasteiger partial charge in [-0.15, -0.1) is 0 Å². The van der Waals surface area contributed by atoms with E-state index in [1.165, 1.54) is 31.4 Å². The molecule has 1 aliphatic heterocycles. The fraction of sp³-hybridized carbons (Fsp3) is 0.786. The third kappa shape index (κ3) is 5.22. The fourth-order valence-corrected chi connectivity index (χ4v) is 2.86. The molecule has 0 saturated carbocycles. The first-order valence-corrected chi connectivity index (χ1v) is 9.14. The summed E-state index contributed by atoms with van der Waals surface area (Å²) in [4.78, 5) is 15.7. The van der Waals surface area contributed by atoms with Crippen LogP contribution in [0.1, 0.15) is 32.1 Å². The Kier molecular flexibility index (Phi) is 6.85. The molecule has 2 rings (SSSR count). The van der Waals surface area contributed by atoms with E-state index in [1.54, 1.807) is 0 Å². The summed E-state index contributed by atoms with van der Waals surface area (Å²) in [6, 6.07) is 0. The summed E-state index contributed by atoms with van der Waals surface area (Å²) in [5, 5.41) is 6.34. The quantitative estimate of drug-likeness (QED) is 0.715. The average molecular weight is 310 g/mol. The number of unbranched alkanes of at least 4 members (excludes halogenated alkanes) is 1. The van der Waals surface area contributed by atoms with Gasteiger partial charge in [-0.3, -0.25) is 0 Å². The summed E-state index contributed by atoms with van der Waals surface area (Å²) in [7, 11) is 1.84. The lowest BCUT2D eigenvalue weighted by molar-refractivity contribution is 0.568. The maximum absolute atomic E-state index is 4.57. The summed E-state index contributed by atoms with van der Waals surface area (Å²) in [6.07, 6.45) is 8.25. The first-order chi connectivity index (χ1) is 10.3. The lowest BCUT2D eigenvalue weighted by Gasteiger charge is -2.26. The predicted molar refractivity (Wildman–Crippen MR) is 91.5 cm³/mol. The van der Waals surface area contributed by atoms with Crippen LogP contribution < -0.4 is 15.5 Å². The molecule has 1 aromatic heterocycles. The molecule has 0 unspecified atom stereocenters. The van der Waals surface area contributed by atoms with Gasteiger partial charge in [-0.05, 0) is 44.1 Å². The zero-order valence-electron chi connectivity index (χ0n) is 13.1. The lowest BCUT2D eigenvalue weighted by atomic mass is 10.1. The average Bonchev–Trinajstić information content (AvgIpc) is 2.55. The molecular weight excluding hydrogens is 284 g/mol. The summed E-state index contributed by atoms with van der Waals surface area (Å²) >= 11 is 1.89. The van der Waals surface area contributed by atoms with E-state index in [0.29, 0.717) is 11.9 Å². The van der Waals surface area contributed by atoms with Gasteiger partial charge in [0.1, 0.15) is 0 Å². The Morgan fingerprint density at radius 2 is 1.81 bits per heavy atom. The van der Waals surface area contributed by atoms with Gasteiger partial charge in [0, 0.05) is 26.7 Å². The van der Waals surface area contributed by atoms with E-state index in [1.807, 2.05) is 18.8 Å². The molecule has 118 valence electrons. The van der Waals surface area contributed by atoms with Crippen molar-refractivity contribution in [1.29, 1.82) is 0 Å². The second-order valence-electron chi connectivity index (χ2n) is 5.21. The van der Waals surface area contributed by atoms with Crippen LogP contribution in [-0.2, 0) is 0 Å². The Balaban J connectivity index is 1.96. The standard InChI is InChI=1S/C14H26N6S/c1-15-12-17-13(16-8-4-7-11-21-2)19-14(18-12)20-9-5-3-6-10-20/h3-11H2,1-2H3,(H2,15,16,17,18,19). The number of piperidine rings is 1. The van der Waals surface area contributed by atoms with E-state index >= 15 is 0 Å². The van der Waals surface area contributed by atoms with Crippen LogP contribution in [0.2, 0.25) is 0 Å². The highest BCUT2D eigenvalue weighted by Gasteiger charge is 2.15. The third-order valence-electron chi connectivity index (χ3n) is 3.54. The third-order valence-corrected chi connectivity index (χ3v) is 4.24. The summed E-state index contributed by atoms with van der Waals surface area (Å²) < 4.78 is 0. The van der Waals surface area contributed by atoms with Crippen molar-refractivity contribution in [2.45, 2.75) is 32.1 Å². The first kappa shape index (κ1) is 16.1. The summed E-state index contributed by atoms with van der Waals surface area (Å²) in [5.41, 5.74) is 0. The number of thioether (sulfide) groups is 1. The highest BCUT2D eigenvalue weighted by molar-refractivity contribution is 7.98. The lowest BCUT2D eigenvalue weighted by Crippen LogP contribution is -2.31. The van der Waals surface area contributed by atoms with Crippen LogP contribution in [0.25, 0.3) is 0 Å². The topological polar surface area (TPSA) is 66.0 Å². The maximum Gasteiger partial charge on any atom is 0.231 e. The van der Waals surface area contributed by atoms with Gasteiger partial charge >= 0.3 is 0 Å². The molecule has 21 heavy (non-hydrogen) atoms. The van der Waals surface area contributed by atoms with Crippen molar-refractivity contribution in [3.05, 3.63) is 0 Å². The van der Waals surface area contributed by atoms with Gasteiger partial charge in [-0.2, -0.15) is 26.7 Å². The van der Waals surface area contributed by atoms with Gasteiger partial charge < -0.3 is 15.5 Å². The molecule has 1 saturated heterocycles. The minimum Gasteiger partial charge on any atom is -0.357 e. The largest absolute Gasteiger partial charge is 0.357 e. The van der Waals surface area contributed by atoms with E-state index in [0.717, 1.165) is 32.0 Å². The molecule has 2 heterocycles. The van der Waals surface area contributed by atoms with E-state index in [-0.39, 0.29) is 0 Å². The number of nitrogens with zero attached hydrogens (tertiary/aromatic N) is 4. The van der Waals surface area contributed by atoms with Gasteiger partial charge in [-0.25, -0.2) is 0 Å². The molecule has 7 heteroatoms. The van der Waals surface area contributed by atoms with Crippen LogP contribution in [0, 0.1) is 0 Å². The Morgan fingerprint density at radius 1 is 1.05 bits per heavy atom. The van der Waals surface area contributed by atoms with Crippen LogP contribution in [0.4, 0.5) is 17.8 Å². The van der Waals surface area contributed by atoms with E-state index < -0.39 is 0 Å². The minimum absolute atomic E-state index is 0.636. The van der Waals surface area contributed by atoms with Gasteiger partial charge in [0.25, 0.3) is 0 Å². The smallest absolute Gasteiger partial charge is 0.231 e. The van der Waals surface area contributed by atoms with Crippen molar-refractivity contribution >= 4 is 29.6 Å². The molecule has 1 aromatic rings. The Morgan fingerprint density at radius 3 is 2.52 bits per heavy atom. The van der Waals surface area contributed by atoms with Crippen molar-refractivity contribution in [3.63, 3.8) is 0 Å². The second kappa shape index (κ2) is 8.92. The molecular formula is C14H26N6S. The molecule has 0 amide bonds. The highest BCUT2D eigenvalue weighted by Crippen LogP contribution is 2.18. The fourth-order valence-electron chi connectivity index (χ4n) is 2.36. The second-order valence-corrected chi connectivity index (χ2v) is 6.19. The van der Waals surface area contributed by atoms with E-state index in [2.05, 4.69) is 36.7 Å². The van der Waals surface area contributed by atoms with E-state index in [9.17, 15) is 0 Å². The SMILES string of the molecule is CNc1nc(NCCCCSC)nc(N2CCCCC2)n1. The number of anilines is 3. The van der Waals surface area contributed by atoms with Gasteiger partial charge in [0.2, 0.25) is 17.8 Å². The molecule has 0 spiro atoms. The van der Waals surface area contributed by atoms with Crippen LogP contribution in [-0.4, -0.2) is 53.6 Å². The van der Waals surface area contributed by atoms with Crippen LogP contribution in [0.15, 0.2) is 0 Å². The zero-order chi connectivity index (χ0) is 14.9. The summed E-state index contributed by atoms with van der Waals surface area (Å²) in [5.74, 6) is 3.32. The monoisotopic (exact) mass is 310 g/mol. The molecule has 1 aliphatic rings. The van der Waals surface area contributed by atoms with Crippen LogP contribution in [0.5, 0.6) is 0 Å². The normalized spacial score (nSPS) is 15.0. The van der Waals surface area contributed by atoms with Crippen molar-refractivity contribution in [2.75, 3.05) is 54.2 Å². The predicted octanol–water partition coefficient (Wildman–Crippen LogP) is 2.46. The number of hydrogen-bond donors (Lipinski definition) is 2. The Hall–Kier alpha value is -1.24. The maximum atomic E-state index is 4.57. The Bertz CT molecular complexity index is 422. The summed E-state index contributed by atoms with van der Waals surface area (Å²) in [6.45, 7) is 2.99.